The standard InChI is InChI=1S/C25H40O6.C21H32O7/c1-3-4-5-6-7-8-9-10-11-12-18-13-15-19(16-14-18)24-29-17-20-23(31-24)21(26)22(27)25(28-2)30-20;1-3-4-5-6-7-12-25-15-10-8-14(9-11-15)20-26-13-16-19(28-20)17(22)18(23)21(24-2)27-16/h13-16,20-27H,3-12,17H2,1-2H3;8-11,16-23H,3-7,12-13H2,1-2H3/t20?,21-,22?,23-,24?,25-;16?,17-,18?,19-,20?,21-/m11/s1. The van der Waals surface area contributed by atoms with Crippen LogP contribution in [-0.4, -0.2) is 116 Å². The molecular weight excluding hydrogens is 760 g/mol. The van der Waals surface area contributed by atoms with Gasteiger partial charge >= 0.3 is 0 Å². The second kappa shape index (κ2) is 25.6. The van der Waals surface area contributed by atoms with E-state index in [9.17, 15) is 20.4 Å². The Hall–Kier alpha value is -2.24. The van der Waals surface area contributed by atoms with E-state index in [0.717, 1.165) is 29.7 Å². The van der Waals surface area contributed by atoms with Crippen molar-refractivity contribution < 1.29 is 63.1 Å². The van der Waals surface area contributed by atoms with Gasteiger partial charge in [-0.15, -0.1) is 0 Å². The van der Waals surface area contributed by atoms with Crippen molar-refractivity contribution in [3.63, 3.8) is 0 Å². The van der Waals surface area contributed by atoms with Gasteiger partial charge in [0.05, 0.1) is 19.8 Å². The van der Waals surface area contributed by atoms with Crippen molar-refractivity contribution in [1.82, 2.24) is 0 Å². The van der Waals surface area contributed by atoms with Gasteiger partial charge in [0.15, 0.2) is 25.2 Å². The number of fused-ring (bicyclic) bond motifs is 2. The van der Waals surface area contributed by atoms with Crippen LogP contribution in [0.3, 0.4) is 0 Å². The van der Waals surface area contributed by atoms with Gasteiger partial charge in [-0.2, -0.15) is 0 Å². The number of unbranched alkanes of at least 4 members (excludes halogenated alkanes) is 12. The maximum atomic E-state index is 10.4. The van der Waals surface area contributed by atoms with Crippen LogP contribution in [0, 0.1) is 0 Å². The molecule has 4 aliphatic rings. The van der Waals surface area contributed by atoms with E-state index in [2.05, 4.69) is 26.0 Å². The molecule has 13 heteroatoms. The second-order valence-corrected chi connectivity index (χ2v) is 16.2. The summed E-state index contributed by atoms with van der Waals surface area (Å²) in [5.74, 6) is 0.812. The summed E-state index contributed by atoms with van der Waals surface area (Å²) < 4.78 is 50.5. The van der Waals surface area contributed by atoms with Crippen LogP contribution < -0.4 is 4.74 Å². The summed E-state index contributed by atoms with van der Waals surface area (Å²) in [5.41, 5.74) is 3.05. The molecule has 0 aliphatic carbocycles. The summed E-state index contributed by atoms with van der Waals surface area (Å²) in [6.07, 6.45) is 9.38. The van der Waals surface area contributed by atoms with Gasteiger partial charge in [0.2, 0.25) is 0 Å². The van der Waals surface area contributed by atoms with Crippen molar-refractivity contribution >= 4 is 0 Å². The van der Waals surface area contributed by atoms with Gasteiger partial charge in [-0.3, -0.25) is 0 Å². The highest BCUT2D eigenvalue weighted by Crippen LogP contribution is 2.36. The molecule has 13 nitrogen and oxygen atoms in total. The molecule has 0 bridgehead atoms. The van der Waals surface area contributed by atoms with E-state index >= 15 is 0 Å². The predicted molar refractivity (Wildman–Crippen MR) is 221 cm³/mol. The Balaban J connectivity index is 0.000000225. The molecule has 2 aromatic rings. The van der Waals surface area contributed by atoms with Crippen LogP contribution in [0.5, 0.6) is 5.75 Å². The molecule has 4 heterocycles. The summed E-state index contributed by atoms with van der Waals surface area (Å²) in [7, 11) is 2.85. The molecule has 4 aliphatic heterocycles. The lowest BCUT2D eigenvalue weighted by Gasteiger charge is -2.45. The van der Waals surface area contributed by atoms with Crippen molar-refractivity contribution in [2.75, 3.05) is 34.0 Å². The van der Waals surface area contributed by atoms with Crippen LogP contribution in [0.15, 0.2) is 48.5 Å². The van der Waals surface area contributed by atoms with Crippen molar-refractivity contribution in [2.24, 2.45) is 0 Å². The average Bonchev–Trinajstić information content (AvgIpc) is 3.27. The number of aliphatic hydroxyl groups excluding tert-OH is 4. The Morgan fingerprint density at radius 3 is 1.39 bits per heavy atom. The molecular formula is C46H72O13. The Kier molecular flexibility index (Phi) is 20.8. The minimum Gasteiger partial charge on any atom is -0.494 e. The largest absolute Gasteiger partial charge is 0.494 e. The zero-order valence-electron chi connectivity index (χ0n) is 35.7. The van der Waals surface area contributed by atoms with Crippen LogP contribution in [0.2, 0.25) is 0 Å². The number of benzene rings is 2. The Labute approximate surface area is 351 Å². The molecule has 0 spiro atoms. The third kappa shape index (κ3) is 14.1. The SMILES string of the molecule is CCCCCCCCCCCc1ccc(C2OCC3O[C@@H](OC)C(O)[C@@H](O)[C@@H]3O2)cc1.CCCCCCCOc1ccc(C2OCC3O[C@@H](OC)C(O)[C@@H](O)[C@@H]3O2)cc1. The van der Waals surface area contributed by atoms with Crippen LogP contribution in [0.4, 0.5) is 0 Å². The van der Waals surface area contributed by atoms with Gasteiger partial charge in [-0.05, 0) is 37.0 Å². The van der Waals surface area contributed by atoms with Crippen LogP contribution in [-0.2, 0) is 44.3 Å². The number of aliphatic hydroxyl groups is 4. The summed E-state index contributed by atoms with van der Waals surface area (Å²) in [6, 6.07) is 15.9. The van der Waals surface area contributed by atoms with Crippen molar-refractivity contribution in [2.45, 2.75) is 184 Å². The third-order valence-corrected chi connectivity index (χ3v) is 11.6. The lowest BCUT2D eigenvalue weighted by Crippen LogP contribution is -2.62. The summed E-state index contributed by atoms with van der Waals surface area (Å²) >= 11 is 0. The fourth-order valence-corrected chi connectivity index (χ4v) is 7.98. The second-order valence-electron chi connectivity index (χ2n) is 16.2. The maximum Gasteiger partial charge on any atom is 0.186 e. The minimum absolute atomic E-state index is 0.245. The lowest BCUT2D eigenvalue weighted by molar-refractivity contribution is -0.358. The zero-order chi connectivity index (χ0) is 42.0. The van der Waals surface area contributed by atoms with Crippen LogP contribution >= 0.6 is 0 Å². The molecule has 0 saturated carbocycles. The van der Waals surface area contributed by atoms with Gasteiger partial charge in [0.25, 0.3) is 0 Å². The maximum absolute atomic E-state index is 10.4. The van der Waals surface area contributed by atoms with Crippen molar-refractivity contribution in [3.05, 3.63) is 65.2 Å². The fourth-order valence-electron chi connectivity index (χ4n) is 7.98. The van der Waals surface area contributed by atoms with Gasteiger partial charge in [0, 0.05) is 25.3 Å². The first kappa shape index (κ1) is 47.8. The van der Waals surface area contributed by atoms with E-state index < -0.39 is 74.0 Å². The van der Waals surface area contributed by atoms with Crippen molar-refractivity contribution in [1.29, 1.82) is 0 Å². The quantitative estimate of drug-likeness (QED) is 0.0972. The number of hydrogen-bond acceptors (Lipinski definition) is 13. The smallest absolute Gasteiger partial charge is 0.186 e. The van der Waals surface area contributed by atoms with Crippen LogP contribution in [0.25, 0.3) is 0 Å². The molecule has 4 fully saturated rings. The van der Waals surface area contributed by atoms with Crippen LogP contribution in [0.1, 0.15) is 133 Å². The van der Waals surface area contributed by atoms with Gasteiger partial charge in [-0.1, -0.05) is 127 Å². The molecule has 2 aromatic carbocycles. The third-order valence-electron chi connectivity index (χ3n) is 11.6. The molecule has 4 N–H and O–H groups in total. The van der Waals surface area contributed by atoms with E-state index in [1.165, 1.54) is 103 Å². The molecule has 0 aromatic heterocycles. The van der Waals surface area contributed by atoms with Crippen molar-refractivity contribution in [3.8, 4) is 5.75 Å². The monoisotopic (exact) mass is 832 g/mol. The highest BCUT2D eigenvalue weighted by Gasteiger charge is 2.50. The van der Waals surface area contributed by atoms with E-state index in [-0.39, 0.29) is 13.2 Å². The van der Waals surface area contributed by atoms with E-state index in [4.69, 9.17) is 42.6 Å². The summed E-state index contributed by atoms with van der Waals surface area (Å²) in [4.78, 5) is 0. The molecule has 6 unspecified atom stereocenters. The number of ether oxygens (including phenoxy) is 9. The molecule has 4 saturated heterocycles. The van der Waals surface area contributed by atoms with Gasteiger partial charge < -0.3 is 63.1 Å². The van der Waals surface area contributed by atoms with E-state index in [0.29, 0.717) is 6.61 Å². The van der Waals surface area contributed by atoms with Gasteiger partial charge in [-0.25, -0.2) is 0 Å². The van der Waals surface area contributed by atoms with E-state index in [1.54, 1.807) is 0 Å². The molecule has 12 atom stereocenters. The molecule has 59 heavy (non-hydrogen) atoms. The van der Waals surface area contributed by atoms with E-state index in [1.807, 2.05) is 36.4 Å². The predicted octanol–water partition coefficient (Wildman–Crippen LogP) is 6.81. The fraction of sp³-hybridized carbons (Fsp3) is 0.739. The highest BCUT2D eigenvalue weighted by atomic mass is 16.8. The molecule has 334 valence electrons. The first-order valence-electron chi connectivity index (χ1n) is 22.2. The first-order valence-corrected chi connectivity index (χ1v) is 22.2. The lowest BCUT2D eigenvalue weighted by atomic mass is 9.97. The van der Waals surface area contributed by atoms with Gasteiger partial charge in [0.1, 0.15) is 54.6 Å². The Morgan fingerprint density at radius 1 is 0.508 bits per heavy atom. The summed E-state index contributed by atoms with van der Waals surface area (Å²) in [6.45, 7) is 5.70. The Morgan fingerprint density at radius 2 is 0.932 bits per heavy atom. The first-order chi connectivity index (χ1) is 28.8. The number of methoxy groups -OCH3 is 2. The zero-order valence-corrected chi connectivity index (χ0v) is 35.7. The topological polar surface area (TPSA) is 164 Å². The minimum atomic E-state index is -1.17. The summed E-state index contributed by atoms with van der Waals surface area (Å²) in [5, 5.41) is 41.0. The number of hydrogen-bond donors (Lipinski definition) is 4. The molecule has 0 amide bonds. The molecule has 0 radical (unpaired) electrons. The highest BCUT2D eigenvalue weighted by molar-refractivity contribution is 5.28. The molecule has 6 rings (SSSR count). The Bertz CT molecular complexity index is 1410. The normalized spacial score (nSPS) is 31.7. The number of rotatable bonds is 21. The number of aryl methyl sites for hydroxylation is 1. The average molecular weight is 833 g/mol.